The van der Waals surface area contributed by atoms with Crippen LogP contribution < -0.4 is 5.32 Å². The molecule has 2 rings (SSSR count). The minimum atomic E-state index is 0.114. The lowest BCUT2D eigenvalue weighted by atomic mass is 10.2. The van der Waals surface area contributed by atoms with Gasteiger partial charge in [0.1, 0.15) is 5.01 Å². The maximum absolute atomic E-state index is 11.5. The zero-order valence-electron chi connectivity index (χ0n) is 8.19. The van der Waals surface area contributed by atoms with Crippen LogP contribution in [0.2, 0.25) is 0 Å². The van der Waals surface area contributed by atoms with Crippen LogP contribution in [0.4, 0.5) is 0 Å². The molecule has 1 amide bonds. The second kappa shape index (κ2) is 4.09. The van der Waals surface area contributed by atoms with Gasteiger partial charge in [-0.05, 0) is 19.3 Å². The van der Waals surface area contributed by atoms with Crippen molar-refractivity contribution in [3.63, 3.8) is 0 Å². The van der Waals surface area contributed by atoms with Gasteiger partial charge in [0.05, 0.1) is 6.04 Å². The summed E-state index contributed by atoms with van der Waals surface area (Å²) in [6.07, 6.45) is 4.80. The topological polar surface area (TPSA) is 42.0 Å². The number of rotatable bonds is 4. The molecular formula is C10H14N2OS. The molecular weight excluding hydrogens is 196 g/mol. The highest BCUT2D eigenvalue weighted by atomic mass is 32.1. The molecule has 0 saturated heterocycles. The van der Waals surface area contributed by atoms with E-state index in [0.29, 0.717) is 0 Å². The number of carbonyl (C=O) groups is 1. The van der Waals surface area contributed by atoms with Crippen molar-refractivity contribution in [3.05, 3.63) is 16.6 Å². The predicted octanol–water partition coefficient (Wildman–Crippen LogP) is 2.12. The third-order valence-electron chi connectivity index (χ3n) is 2.42. The van der Waals surface area contributed by atoms with Crippen molar-refractivity contribution in [1.29, 1.82) is 0 Å². The van der Waals surface area contributed by atoms with E-state index in [0.717, 1.165) is 24.3 Å². The molecule has 1 fully saturated rings. The molecule has 1 saturated carbocycles. The summed E-state index contributed by atoms with van der Waals surface area (Å²) < 4.78 is 0. The second-order valence-corrected chi connectivity index (χ2v) is 4.54. The maximum atomic E-state index is 11.5. The predicted molar refractivity (Wildman–Crippen MR) is 56.0 cm³/mol. The van der Waals surface area contributed by atoms with E-state index in [1.165, 1.54) is 0 Å². The highest BCUT2D eigenvalue weighted by Gasteiger charge is 2.31. The number of hydrogen-bond acceptors (Lipinski definition) is 3. The molecule has 1 aromatic heterocycles. The van der Waals surface area contributed by atoms with Gasteiger partial charge in [0.15, 0.2) is 0 Å². The molecule has 1 aromatic rings. The highest BCUT2D eigenvalue weighted by Crippen LogP contribution is 2.30. The SMILES string of the molecule is CCC(NC(=O)C1CC1)c1nccs1. The van der Waals surface area contributed by atoms with Crippen molar-refractivity contribution >= 4 is 17.2 Å². The average molecular weight is 210 g/mol. The fraction of sp³-hybridized carbons (Fsp3) is 0.600. The molecule has 0 aromatic carbocycles. The number of hydrogen-bond donors (Lipinski definition) is 1. The summed E-state index contributed by atoms with van der Waals surface area (Å²) in [7, 11) is 0. The van der Waals surface area contributed by atoms with Gasteiger partial charge < -0.3 is 5.32 Å². The van der Waals surface area contributed by atoms with Crippen molar-refractivity contribution in [2.24, 2.45) is 5.92 Å². The Balaban J connectivity index is 1.96. The first kappa shape index (κ1) is 9.65. The standard InChI is InChI=1S/C10H14N2OS/c1-2-8(10-11-5-6-14-10)12-9(13)7-3-4-7/h5-8H,2-4H2,1H3,(H,12,13). The van der Waals surface area contributed by atoms with Crippen molar-refractivity contribution in [2.75, 3.05) is 0 Å². The first-order chi connectivity index (χ1) is 6.81. The molecule has 0 spiro atoms. The fourth-order valence-electron chi connectivity index (χ4n) is 1.38. The third kappa shape index (κ3) is 2.12. The number of nitrogens with zero attached hydrogens (tertiary/aromatic N) is 1. The van der Waals surface area contributed by atoms with Crippen LogP contribution in [0.1, 0.15) is 37.2 Å². The smallest absolute Gasteiger partial charge is 0.223 e. The molecule has 14 heavy (non-hydrogen) atoms. The number of carbonyl (C=O) groups excluding carboxylic acids is 1. The van der Waals surface area contributed by atoms with Gasteiger partial charge >= 0.3 is 0 Å². The summed E-state index contributed by atoms with van der Waals surface area (Å²) in [6, 6.07) is 0.114. The van der Waals surface area contributed by atoms with Gasteiger partial charge in [-0.2, -0.15) is 0 Å². The van der Waals surface area contributed by atoms with Gasteiger partial charge in [0.25, 0.3) is 0 Å². The van der Waals surface area contributed by atoms with Gasteiger partial charge in [0, 0.05) is 17.5 Å². The van der Waals surface area contributed by atoms with E-state index in [1.807, 2.05) is 5.38 Å². The van der Waals surface area contributed by atoms with Crippen molar-refractivity contribution in [1.82, 2.24) is 10.3 Å². The molecule has 76 valence electrons. The number of aromatic nitrogens is 1. The Bertz CT molecular complexity index is 306. The number of thiazole rings is 1. The van der Waals surface area contributed by atoms with Crippen LogP contribution in [0.25, 0.3) is 0 Å². The van der Waals surface area contributed by atoms with Crippen molar-refractivity contribution < 1.29 is 4.79 Å². The van der Waals surface area contributed by atoms with Gasteiger partial charge in [-0.15, -0.1) is 11.3 Å². The first-order valence-electron chi connectivity index (χ1n) is 5.01. The lowest BCUT2D eigenvalue weighted by molar-refractivity contribution is -0.123. The zero-order valence-corrected chi connectivity index (χ0v) is 9.01. The number of nitrogens with one attached hydrogen (secondary N) is 1. The lowest BCUT2D eigenvalue weighted by Crippen LogP contribution is -2.29. The maximum Gasteiger partial charge on any atom is 0.223 e. The Hall–Kier alpha value is -0.900. The molecule has 4 heteroatoms. The van der Waals surface area contributed by atoms with Crippen LogP contribution in [0.3, 0.4) is 0 Å². The van der Waals surface area contributed by atoms with Gasteiger partial charge in [-0.25, -0.2) is 4.98 Å². The Morgan fingerprint density at radius 3 is 3.07 bits per heavy atom. The molecule has 1 unspecified atom stereocenters. The fourth-order valence-corrected chi connectivity index (χ4v) is 2.15. The highest BCUT2D eigenvalue weighted by molar-refractivity contribution is 7.09. The minimum absolute atomic E-state index is 0.114. The molecule has 1 N–H and O–H groups in total. The molecule has 0 bridgehead atoms. The van der Waals surface area contributed by atoms with Crippen LogP contribution >= 0.6 is 11.3 Å². The van der Waals surface area contributed by atoms with Gasteiger partial charge in [-0.3, -0.25) is 4.79 Å². The van der Waals surface area contributed by atoms with Crippen LogP contribution in [0, 0.1) is 5.92 Å². The normalized spacial score (nSPS) is 17.8. The molecule has 1 heterocycles. The Morgan fingerprint density at radius 1 is 1.79 bits per heavy atom. The van der Waals surface area contributed by atoms with Crippen LogP contribution in [-0.4, -0.2) is 10.9 Å². The quantitative estimate of drug-likeness (QED) is 0.827. The summed E-state index contributed by atoms with van der Waals surface area (Å²) in [5, 5.41) is 6.00. The van der Waals surface area contributed by atoms with E-state index in [-0.39, 0.29) is 17.9 Å². The zero-order chi connectivity index (χ0) is 9.97. The third-order valence-corrected chi connectivity index (χ3v) is 3.31. The van der Waals surface area contributed by atoms with Gasteiger partial charge in [-0.1, -0.05) is 6.92 Å². The molecule has 1 atom stereocenters. The molecule has 0 aliphatic heterocycles. The molecule has 1 aliphatic carbocycles. The van der Waals surface area contributed by atoms with E-state index >= 15 is 0 Å². The van der Waals surface area contributed by atoms with Crippen LogP contribution in [-0.2, 0) is 4.79 Å². The van der Waals surface area contributed by atoms with Crippen LogP contribution in [0.5, 0.6) is 0 Å². The van der Waals surface area contributed by atoms with Gasteiger partial charge in [0.2, 0.25) is 5.91 Å². The Kier molecular flexibility index (Phi) is 2.82. The molecule has 3 nitrogen and oxygen atoms in total. The number of amides is 1. The molecule has 0 radical (unpaired) electrons. The van der Waals surface area contributed by atoms with Crippen LogP contribution in [0.15, 0.2) is 11.6 Å². The van der Waals surface area contributed by atoms with E-state index in [4.69, 9.17) is 0 Å². The lowest BCUT2D eigenvalue weighted by Gasteiger charge is -2.13. The summed E-state index contributed by atoms with van der Waals surface area (Å²) in [4.78, 5) is 15.8. The molecule has 1 aliphatic rings. The van der Waals surface area contributed by atoms with Crippen molar-refractivity contribution in [2.45, 2.75) is 32.2 Å². The largest absolute Gasteiger partial charge is 0.347 e. The van der Waals surface area contributed by atoms with E-state index in [2.05, 4.69) is 17.2 Å². The average Bonchev–Trinajstić information content (AvgIpc) is 2.91. The Labute approximate surface area is 87.6 Å². The van der Waals surface area contributed by atoms with E-state index in [9.17, 15) is 4.79 Å². The van der Waals surface area contributed by atoms with Crippen molar-refractivity contribution in [3.8, 4) is 0 Å². The van der Waals surface area contributed by atoms with E-state index < -0.39 is 0 Å². The minimum Gasteiger partial charge on any atom is -0.347 e. The summed E-state index contributed by atoms with van der Waals surface area (Å²) in [6.45, 7) is 2.07. The Morgan fingerprint density at radius 2 is 2.57 bits per heavy atom. The summed E-state index contributed by atoms with van der Waals surface area (Å²) >= 11 is 1.60. The summed E-state index contributed by atoms with van der Waals surface area (Å²) in [5.41, 5.74) is 0. The summed E-state index contributed by atoms with van der Waals surface area (Å²) in [5.74, 6) is 0.482. The van der Waals surface area contributed by atoms with E-state index in [1.54, 1.807) is 17.5 Å². The second-order valence-electron chi connectivity index (χ2n) is 3.61. The first-order valence-corrected chi connectivity index (χ1v) is 5.89. The monoisotopic (exact) mass is 210 g/mol.